The molecule has 4 rings (SSSR count). The number of rotatable bonds is 4. The van der Waals surface area contributed by atoms with Crippen molar-refractivity contribution in [2.24, 2.45) is 4.99 Å². The smallest absolute Gasteiger partial charge is 0.335 e. The minimum atomic E-state index is -1.37. The molecule has 0 atom stereocenters. The van der Waals surface area contributed by atoms with Gasteiger partial charge in [-0.2, -0.15) is 0 Å². The molecule has 0 unspecified atom stereocenters. The minimum absolute atomic E-state index is 0.00991. The van der Waals surface area contributed by atoms with Crippen LogP contribution in [0.25, 0.3) is 11.3 Å². The SMILES string of the molecule is O=C1N=c2ccc(F)cc2=C1c1sc(=S)n(-c2cc(C(=O)O)cc(C(=O)O)c2)c1O. The van der Waals surface area contributed by atoms with Gasteiger partial charge in [0.05, 0.1) is 27.7 Å². The first-order valence-corrected chi connectivity index (χ1v) is 9.40. The number of nitrogens with zero attached hydrogens (tertiary/aromatic N) is 2. The summed E-state index contributed by atoms with van der Waals surface area (Å²) in [6.07, 6.45) is 0. The van der Waals surface area contributed by atoms with E-state index in [4.69, 9.17) is 12.2 Å². The molecule has 0 saturated carbocycles. The van der Waals surface area contributed by atoms with Crippen LogP contribution in [0.2, 0.25) is 0 Å². The highest BCUT2D eigenvalue weighted by Crippen LogP contribution is 2.35. The summed E-state index contributed by atoms with van der Waals surface area (Å²) in [6, 6.07) is 6.84. The van der Waals surface area contributed by atoms with Gasteiger partial charge >= 0.3 is 11.9 Å². The first-order chi connectivity index (χ1) is 14.2. The Labute approximate surface area is 175 Å². The summed E-state index contributed by atoms with van der Waals surface area (Å²) in [5.41, 5.74) is -0.721. The number of halogens is 1. The molecule has 0 aliphatic carbocycles. The standard InChI is InChI=1S/C19H9FN2O6S2/c20-9-1-2-12-11(6-9)13(15(23)21-12)14-16(24)22(19(29)30-14)10-4-7(17(25)26)3-8(5-10)18(27)28/h1-6,24H,(H,25,26)(H,27,28). The maximum absolute atomic E-state index is 13.7. The van der Waals surface area contributed by atoms with Crippen molar-refractivity contribution in [2.75, 3.05) is 0 Å². The van der Waals surface area contributed by atoms with Crippen molar-refractivity contribution in [2.45, 2.75) is 0 Å². The summed E-state index contributed by atoms with van der Waals surface area (Å²) >= 11 is 6.08. The number of hydrogen-bond donors (Lipinski definition) is 3. The highest BCUT2D eigenvalue weighted by Gasteiger charge is 2.26. The van der Waals surface area contributed by atoms with Gasteiger partial charge in [0, 0.05) is 5.22 Å². The molecule has 1 amide bonds. The molecule has 1 aliphatic heterocycles. The van der Waals surface area contributed by atoms with Gasteiger partial charge in [-0.3, -0.25) is 9.36 Å². The van der Waals surface area contributed by atoms with Gasteiger partial charge in [0.1, 0.15) is 10.7 Å². The first-order valence-electron chi connectivity index (χ1n) is 8.17. The Kier molecular flexibility index (Phi) is 4.56. The van der Waals surface area contributed by atoms with Gasteiger partial charge in [-0.1, -0.05) is 0 Å². The summed E-state index contributed by atoms with van der Waals surface area (Å²) in [7, 11) is 0. The highest BCUT2D eigenvalue weighted by molar-refractivity contribution is 7.73. The fourth-order valence-corrected chi connectivity index (χ4v) is 4.43. The molecule has 0 radical (unpaired) electrons. The third kappa shape index (κ3) is 3.09. The Balaban J connectivity index is 2.00. The van der Waals surface area contributed by atoms with E-state index in [0.717, 1.165) is 46.2 Å². The average molecular weight is 444 g/mol. The van der Waals surface area contributed by atoms with Crippen molar-refractivity contribution in [1.29, 1.82) is 0 Å². The zero-order valence-corrected chi connectivity index (χ0v) is 16.3. The number of fused-ring (bicyclic) bond motifs is 1. The van der Waals surface area contributed by atoms with E-state index in [9.17, 15) is 34.1 Å². The highest BCUT2D eigenvalue weighted by atomic mass is 32.1. The molecule has 3 aromatic rings. The van der Waals surface area contributed by atoms with E-state index in [1.54, 1.807) is 0 Å². The number of aromatic hydroxyl groups is 1. The molecule has 2 heterocycles. The van der Waals surface area contributed by atoms with Gasteiger partial charge < -0.3 is 15.3 Å². The lowest BCUT2D eigenvalue weighted by Crippen LogP contribution is -2.23. The second-order valence-electron chi connectivity index (χ2n) is 6.19. The van der Waals surface area contributed by atoms with Crippen molar-refractivity contribution in [3.8, 4) is 11.6 Å². The number of carboxylic acids is 2. The third-order valence-electron chi connectivity index (χ3n) is 4.35. The minimum Gasteiger partial charge on any atom is -0.493 e. The van der Waals surface area contributed by atoms with E-state index in [2.05, 4.69) is 4.99 Å². The van der Waals surface area contributed by atoms with Crippen molar-refractivity contribution >= 4 is 47.0 Å². The van der Waals surface area contributed by atoms with Gasteiger partial charge in [0.2, 0.25) is 5.88 Å². The molecule has 3 N–H and O–H groups in total. The lowest BCUT2D eigenvalue weighted by Gasteiger charge is -2.08. The van der Waals surface area contributed by atoms with Crippen molar-refractivity contribution in [1.82, 2.24) is 4.57 Å². The zero-order chi connectivity index (χ0) is 21.7. The summed E-state index contributed by atoms with van der Waals surface area (Å²) in [6.45, 7) is 0. The number of aromatic nitrogens is 1. The van der Waals surface area contributed by atoms with E-state index in [0.29, 0.717) is 0 Å². The van der Waals surface area contributed by atoms with Crippen LogP contribution in [-0.4, -0.2) is 37.7 Å². The van der Waals surface area contributed by atoms with Crippen LogP contribution < -0.4 is 10.6 Å². The van der Waals surface area contributed by atoms with Gasteiger partial charge in [-0.25, -0.2) is 19.0 Å². The Morgan fingerprint density at radius 2 is 1.70 bits per heavy atom. The van der Waals surface area contributed by atoms with Crippen molar-refractivity contribution in [3.05, 3.63) is 72.7 Å². The Hall–Kier alpha value is -3.70. The number of benzene rings is 2. The topological polar surface area (TPSA) is 129 Å². The molecule has 0 fully saturated rings. The fourth-order valence-electron chi connectivity index (χ4n) is 3.05. The lowest BCUT2D eigenvalue weighted by molar-refractivity contribution is -0.112. The molecule has 1 aliphatic rings. The molecule has 8 nitrogen and oxygen atoms in total. The maximum atomic E-state index is 13.7. The molecule has 0 bridgehead atoms. The summed E-state index contributed by atoms with van der Waals surface area (Å²) in [5.74, 6) is -4.55. The van der Waals surface area contributed by atoms with Gasteiger partial charge in [-0.05, 0) is 48.6 Å². The van der Waals surface area contributed by atoms with E-state index in [-0.39, 0.29) is 41.8 Å². The van der Waals surface area contributed by atoms with E-state index < -0.39 is 29.5 Å². The molecule has 30 heavy (non-hydrogen) atoms. The van der Waals surface area contributed by atoms with Gasteiger partial charge in [0.25, 0.3) is 5.91 Å². The normalized spacial score (nSPS) is 12.6. The number of carboxylic acid groups (broad SMARTS) is 2. The second-order valence-corrected chi connectivity index (χ2v) is 7.83. The molecular weight excluding hydrogens is 435 g/mol. The Morgan fingerprint density at radius 3 is 2.30 bits per heavy atom. The van der Waals surface area contributed by atoms with Crippen LogP contribution >= 0.6 is 23.6 Å². The van der Waals surface area contributed by atoms with E-state index in [1.807, 2.05) is 0 Å². The van der Waals surface area contributed by atoms with Gasteiger partial charge in [-0.15, -0.1) is 11.3 Å². The van der Waals surface area contributed by atoms with Crippen LogP contribution in [0, 0.1) is 9.77 Å². The summed E-state index contributed by atoms with van der Waals surface area (Å²) in [5, 5.41) is 29.7. The Bertz CT molecular complexity index is 1440. The van der Waals surface area contributed by atoms with Gasteiger partial charge in [0.15, 0.2) is 3.95 Å². The number of thiazole rings is 1. The average Bonchev–Trinajstić information content (AvgIpc) is 3.15. The van der Waals surface area contributed by atoms with Crippen LogP contribution in [0.4, 0.5) is 4.39 Å². The molecule has 0 spiro atoms. The predicted octanol–water partition coefficient (Wildman–Crippen LogP) is 1.87. The molecule has 150 valence electrons. The molecule has 11 heteroatoms. The number of amides is 1. The van der Waals surface area contributed by atoms with E-state index in [1.165, 1.54) is 6.07 Å². The van der Waals surface area contributed by atoms with Crippen molar-refractivity contribution < 1.29 is 34.1 Å². The first kappa shape index (κ1) is 19.6. The number of carbonyl (C=O) groups is 3. The molecule has 1 aromatic heterocycles. The summed E-state index contributed by atoms with van der Waals surface area (Å²) in [4.78, 5) is 39.0. The van der Waals surface area contributed by atoms with Crippen LogP contribution in [-0.2, 0) is 4.79 Å². The third-order valence-corrected chi connectivity index (χ3v) is 5.73. The Morgan fingerprint density at radius 1 is 1.07 bits per heavy atom. The van der Waals surface area contributed by atoms with Crippen LogP contribution in [0.15, 0.2) is 41.4 Å². The molecular formula is C19H9FN2O6S2. The molecule has 0 saturated heterocycles. The number of carbonyl (C=O) groups excluding carboxylic acids is 1. The zero-order valence-electron chi connectivity index (χ0n) is 14.6. The monoisotopic (exact) mass is 444 g/mol. The molecule has 2 aromatic carbocycles. The van der Waals surface area contributed by atoms with Crippen LogP contribution in [0.5, 0.6) is 5.88 Å². The maximum Gasteiger partial charge on any atom is 0.335 e. The van der Waals surface area contributed by atoms with Crippen LogP contribution in [0.1, 0.15) is 25.6 Å². The fraction of sp³-hybridized carbons (Fsp3) is 0. The van der Waals surface area contributed by atoms with Crippen LogP contribution in [0.3, 0.4) is 0 Å². The lowest BCUT2D eigenvalue weighted by atomic mass is 10.1. The second kappa shape index (κ2) is 6.97. The quantitative estimate of drug-likeness (QED) is 0.524. The number of aromatic carboxylic acids is 2. The van der Waals surface area contributed by atoms with Crippen molar-refractivity contribution in [3.63, 3.8) is 0 Å². The van der Waals surface area contributed by atoms with E-state index >= 15 is 0 Å². The largest absolute Gasteiger partial charge is 0.493 e. The number of hydrogen-bond acceptors (Lipinski definition) is 6. The summed E-state index contributed by atoms with van der Waals surface area (Å²) < 4.78 is 14.8. The predicted molar refractivity (Wildman–Crippen MR) is 105 cm³/mol.